The fourth-order valence-corrected chi connectivity index (χ4v) is 2.50. The molecule has 5 heteroatoms. The van der Waals surface area contributed by atoms with Gasteiger partial charge in [0.05, 0.1) is 16.7 Å². The average molecular weight is 309 g/mol. The fraction of sp³-hybridized carbons (Fsp3) is 0. The number of hydrogen-bond donors (Lipinski definition) is 0. The van der Waals surface area contributed by atoms with Gasteiger partial charge in [0, 0.05) is 6.07 Å². The zero-order valence-electron chi connectivity index (χ0n) is 9.07. The van der Waals surface area contributed by atoms with Crippen molar-refractivity contribution in [3.05, 3.63) is 58.8 Å². The number of halogens is 3. The first-order valence-corrected chi connectivity index (χ1v) is 6.04. The molecule has 0 saturated heterocycles. The van der Waals surface area contributed by atoms with Gasteiger partial charge < -0.3 is 0 Å². The van der Waals surface area contributed by atoms with Crippen LogP contribution in [0.25, 0.3) is 16.7 Å². The molecule has 0 unspecified atom stereocenters. The molecule has 18 heavy (non-hydrogen) atoms. The standard InChI is InChI=1S/C13H7BrF2N2/c14-13-17-11-3-1-2-4-12(11)18(13)10-6-8(15)5-9(16)7-10/h1-7H. The van der Waals surface area contributed by atoms with Crippen molar-refractivity contribution >= 4 is 27.0 Å². The van der Waals surface area contributed by atoms with Gasteiger partial charge in [0.25, 0.3) is 0 Å². The number of rotatable bonds is 1. The van der Waals surface area contributed by atoms with Crippen LogP contribution in [0.4, 0.5) is 8.78 Å². The van der Waals surface area contributed by atoms with Crippen molar-refractivity contribution in [3.63, 3.8) is 0 Å². The summed E-state index contributed by atoms with van der Waals surface area (Å²) in [4.78, 5) is 4.28. The van der Waals surface area contributed by atoms with E-state index in [0.29, 0.717) is 10.4 Å². The van der Waals surface area contributed by atoms with Gasteiger partial charge in [0.15, 0.2) is 4.73 Å². The summed E-state index contributed by atoms with van der Waals surface area (Å²) >= 11 is 3.30. The molecule has 0 bridgehead atoms. The Morgan fingerprint density at radius 3 is 2.39 bits per heavy atom. The van der Waals surface area contributed by atoms with Crippen LogP contribution in [0.3, 0.4) is 0 Å². The molecule has 2 nitrogen and oxygen atoms in total. The summed E-state index contributed by atoms with van der Waals surface area (Å²) in [6.07, 6.45) is 0. The maximum Gasteiger partial charge on any atom is 0.182 e. The van der Waals surface area contributed by atoms with E-state index in [-0.39, 0.29) is 0 Å². The predicted octanol–water partition coefficient (Wildman–Crippen LogP) is 4.07. The van der Waals surface area contributed by atoms with Crippen LogP contribution in [0.1, 0.15) is 0 Å². The third-order valence-electron chi connectivity index (χ3n) is 2.63. The van der Waals surface area contributed by atoms with Crippen LogP contribution in [-0.2, 0) is 0 Å². The third kappa shape index (κ3) is 1.80. The molecular weight excluding hydrogens is 302 g/mol. The molecule has 0 aliphatic heterocycles. The number of imidazole rings is 1. The highest BCUT2D eigenvalue weighted by Gasteiger charge is 2.11. The van der Waals surface area contributed by atoms with Crippen LogP contribution in [0, 0.1) is 11.6 Å². The smallest absolute Gasteiger partial charge is 0.182 e. The lowest BCUT2D eigenvalue weighted by molar-refractivity contribution is 0.581. The first-order valence-electron chi connectivity index (χ1n) is 5.24. The Labute approximate surface area is 110 Å². The second-order valence-electron chi connectivity index (χ2n) is 3.83. The number of hydrogen-bond acceptors (Lipinski definition) is 1. The molecular formula is C13H7BrF2N2. The quantitative estimate of drug-likeness (QED) is 0.662. The van der Waals surface area contributed by atoms with Gasteiger partial charge in [-0.15, -0.1) is 0 Å². The Kier molecular flexibility index (Phi) is 2.63. The van der Waals surface area contributed by atoms with E-state index in [1.165, 1.54) is 12.1 Å². The van der Waals surface area contributed by atoms with Gasteiger partial charge in [0.1, 0.15) is 11.6 Å². The summed E-state index contributed by atoms with van der Waals surface area (Å²) in [5.74, 6) is -1.23. The second-order valence-corrected chi connectivity index (χ2v) is 4.54. The van der Waals surface area contributed by atoms with E-state index < -0.39 is 11.6 Å². The fourth-order valence-electron chi connectivity index (χ4n) is 1.91. The van der Waals surface area contributed by atoms with E-state index in [1.54, 1.807) is 4.57 Å². The minimum absolute atomic E-state index is 0.396. The lowest BCUT2D eigenvalue weighted by Gasteiger charge is -2.06. The molecule has 0 saturated carbocycles. The van der Waals surface area contributed by atoms with Gasteiger partial charge in [0.2, 0.25) is 0 Å². The van der Waals surface area contributed by atoms with Gasteiger partial charge in [-0.05, 0) is 40.2 Å². The summed E-state index contributed by atoms with van der Waals surface area (Å²) in [7, 11) is 0. The van der Waals surface area contributed by atoms with Gasteiger partial charge >= 0.3 is 0 Å². The first kappa shape index (κ1) is 11.3. The van der Waals surface area contributed by atoms with Gasteiger partial charge in [-0.1, -0.05) is 12.1 Å². The minimum atomic E-state index is -0.616. The molecule has 0 amide bonds. The summed E-state index contributed by atoms with van der Waals surface area (Å²) in [6.45, 7) is 0. The largest absolute Gasteiger partial charge is 0.287 e. The summed E-state index contributed by atoms with van der Waals surface area (Å²) in [5.41, 5.74) is 1.94. The van der Waals surface area contributed by atoms with Gasteiger partial charge in [-0.25, -0.2) is 13.8 Å². The molecule has 0 atom stereocenters. The minimum Gasteiger partial charge on any atom is -0.287 e. The number of benzene rings is 2. The Morgan fingerprint density at radius 1 is 1.00 bits per heavy atom. The second kappa shape index (κ2) is 4.17. The topological polar surface area (TPSA) is 17.8 Å². The molecule has 0 aliphatic rings. The van der Waals surface area contributed by atoms with Crippen molar-refractivity contribution in [1.29, 1.82) is 0 Å². The van der Waals surface area contributed by atoms with E-state index >= 15 is 0 Å². The van der Waals surface area contributed by atoms with Gasteiger partial charge in [-0.3, -0.25) is 4.57 Å². The Morgan fingerprint density at radius 2 is 1.67 bits per heavy atom. The molecule has 1 aromatic heterocycles. The maximum absolute atomic E-state index is 13.3. The van der Waals surface area contributed by atoms with Crippen LogP contribution < -0.4 is 0 Å². The normalized spacial score (nSPS) is 11.1. The van der Waals surface area contributed by atoms with Crippen LogP contribution in [0.2, 0.25) is 0 Å². The first-order chi connectivity index (χ1) is 8.65. The highest BCUT2D eigenvalue weighted by molar-refractivity contribution is 9.10. The molecule has 0 spiro atoms. The van der Waals surface area contributed by atoms with E-state index in [2.05, 4.69) is 20.9 Å². The molecule has 3 rings (SSSR count). The lowest BCUT2D eigenvalue weighted by atomic mass is 10.2. The summed E-state index contributed by atoms with van der Waals surface area (Å²) in [5, 5.41) is 0. The number of aromatic nitrogens is 2. The zero-order valence-corrected chi connectivity index (χ0v) is 10.7. The van der Waals surface area contributed by atoms with Gasteiger partial charge in [-0.2, -0.15) is 0 Å². The summed E-state index contributed by atoms with van der Waals surface area (Å²) in [6, 6.07) is 10.8. The third-order valence-corrected chi connectivity index (χ3v) is 3.16. The molecule has 0 aliphatic carbocycles. The predicted molar refractivity (Wildman–Crippen MR) is 68.7 cm³/mol. The number of nitrogens with zero attached hydrogens (tertiary/aromatic N) is 2. The van der Waals surface area contributed by atoms with Crippen molar-refractivity contribution in [1.82, 2.24) is 9.55 Å². The molecule has 90 valence electrons. The van der Waals surface area contributed by atoms with Crippen molar-refractivity contribution in [2.45, 2.75) is 0 Å². The van der Waals surface area contributed by atoms with Crippen molar-refractivity contribution in [3.8, 4) is 5.69 Å². The Balaban J connectivity index is 2.34. The van der Waals surface area contributed by atoms with E-state index in [0.717, 1.165) is 17.1 Å². The monoisotopic (exact) mass is 308 g/mol. The van der Waals surface area contributed by atoms with Crippen LogP contribution in [0.5, 0.6) is 0 Å². The highest BCUT2D eigenvalue weighted by atomic mass is 79.9. The molecule has 2 aromatic carbocycles. The van der Waals surface area contributed by atoms with Crippen molar-refractivity contribution in [2.75, 3.05) is 0 Å². The molecule has 0 N–H and O–H groups in total. The Hall–Kier alpha value is -1.75. The van der Waals surface area contributed by atoms with E-state index in [4.69, 9.17) is 0 Å². The molecule has 3 aromatic rings. The molecule has 1 heterocycles. The highest BCUT2D eigenvalue weighted by Crippen LogP contribution is 2.25. The maximum atomic E-state index is 13.3. The molecule has 0 radical (unpaired) electrons. The SMILES string of the molecule is Fc1cc(F)cc(-n2c(Br)nc3ccccc32)c1. The van der Waals surface area contributed by atoms with Crippen LogP contribution >= 0.6 is 15.9 Å². The van der Waals surface area contributed by atoms with Crippen LogP contribution in [0.15, 0.2) is 47.2 Å². The van der Waals surface area contributed by atoms with E-state index in [9.17, 15) is 8.78 Å². The van der Waals surface area contributed by atoms with Crippen LogP contribution in [-0.4, -0.2) is 9.55 Å². The van der Waals surface area contributed by atoms with Crippen molar-refractivity contribution in [2.24, 2.45) is 0 Å². The van der Waals surface area contributed by atoms with E-state index in [1.807, 2.05) is 24.3 Å². The molecule has 0 fully saturated rings. The Bertz CT molecular complexity index is 717. The lowest BCUT2D eigenvalue weighted by Crippen LogP contribution is -1.96. The van der Waals surface area contributed by atoms with Crippen molar-refractivity contribution < 1.29 is 8.78 Å². The number of para-hydroxylation sites is 2. The average Bonchev–Trinajstić information content (AvgIpc) is 2.63. The zero-order chi connectivity index (χ0) is 12.7. The summed E-state index contributed by atoms with van der Waals surface area (Å²) < 4.78 is 28.7. The number of fused-ring (bicyclic) bond motifs is 1.